The monoisotopic (exact) mass is 281 g/mol. The normalized spacial score (nSPS) is 10.9. The van der Waals surface area contributed by atoms with Crippen molar-refractivity contribution in [1.29, 1.82) is 0 Å². The molecule has 0 aliphatic heterocycles. The summed E-state index contributed by atoms with van der Waals surface area (Å²) in [4.78, 5) is 12.1. The molecule has 0 aliphatic rings. The molecule has 0 atom stereocenters. The van der Waals surface area contributed by atoms with Gasteiger partial charge in [0.1, 0.15) is 5.69 Å². The molecule has 0 unspecified atom stereocenters. The summed E-state index contributed by atoms with van der Waals surface area (Å²) >= 11 is 5.94. The van der Waals surface area contributed by atoms with Gasteiger partial charge in [-0.05, 0) is 17.7 Å². The number of methoxy groups -OCH3 is 1. The molecule has 0 radical (unpaired) electrons. The molecular weight excluding hydrogens is 266 g/mol. The number of anilines is 1. The molecule has 5 nitrogen and oxygen atoms in total. The third-order valence-electron chi connectivity index (χ3n) is 3.03. The van der Waals surface area contributed by atoms with Gasteiger partial charge in [-0.2, -0.15) is 0 Å². The highest BCUT2D eigenvalue weighted by Crippen LogP contribution is 2.13. The van der Waals surface area contributed by atoms with E-state index in [-0.39, 0.29) is 11.2 Å². The van der Waals surface area contributed by atoms with E-state index in [1.165, 1.54) is 0 Å². The lowest BCUT2D eigenvalue weighted by molar-refractivity contribution is 0.177. The Hall–Kier alpha value is -1.72. The van der Waals surface area contributed by atoms with Crippen LogP contribution in [0.15, 0.2) is 29.1 Å². The van der Waals surface area contributed by atoms with Crippen LogP contribution in [0.4, 0.5) is 5.69 Å². The van der Waals surface area contributed by atoms with E-state index in [9.17, 15) is 4.79 Å². The minimum atomic E-state index is -0.213. The van der Waals surface area contributed by atoms with E-state index in [1.807, 2.05) is 18.2 Å². The van der Waals surface area contributed by atoms with Crippen LogP contribution in [0.1, 0.15) is 11.3 Å². The summed E-state index contributed by atoms with van der Waals surface area (Å²) in [6.45, 7) is 0.726. The Morgan fingerprint density at radius 2 is 2.16 bits per heavy atom. The van der Waals surface area contributed by atoms with Crippen molar-refractivity contribution in [2.45, 2.75) is 13.2 Å². The molecule has 0 bridgehead atoms. The van der Waals surface area contributed by atoms with Crippen molar-refractivity contribution in [1.82, 2.24) is 9.36 Å². The Bertz CT molecular complexity index is 646. The van der Waals surface area contributed by atoms with Crippen LogP contribution >= 0.6 is 11.6 Å². The molecule has 2 N–H and O–H groups in total. The van der Waals surface area contributed by atoms with Crippen molar-refractivity contribution in [2.24, 2.45) is 7.05 Å². The molecule has 0 spiro atoms. The largest absolute Gasteiger partial charge is 0.393 e. The van der Waals surface area contributed by atoms with Gasteiger partial charge in [0.15, 0.2) is 0 Å². The number of nitrogen functional groups attached to an aromatic ring is 1. The summed E-state index contributed by atoms with van der Waals surface area (Å²) in [5.41, 5.74) is 7.45. The Balaban J connectivity index is 2.41. The van der Waals surface area contributed by atoms with Gasteiger partial charge >= 0.3 is 0 Å². The van der Waals surface area contributed by atoms with Crippen LogP contribution in [-0.2, 0) is 24.9 Å². The standard InChI is InChI=1S/C13H16ClN3O2/c1-16-11(8-19-2)12(15)13(18)17(16)7-9-4-3-5-10(14)6-9/h3-6H,7-8,15H2,1-2H3. The first-order chi connectivity index (χ1) is 9.04. The van der Waals surface area contributed by atoms with E-state index >= 15 is 0 Å². The first-order valence-electron chi connectivity index (χ1n) is 5.82. The van der Waals surface area contributed by atoms with Gasteiger partial charge < -0.3 is 10.5 Å². The van der Waals surface area contributed by atoms with Gasteiger partial charge in [0.25, 0.3) is 5.56 Å². The van der Waals surface area contributed by atoms with E-state index in [0.717, 1.165) is 5.56 Å². The highest BCUT2D eigenvalue weighted by molar-refractivity contribution is 6.30. The lowest BCUT2D eigenvalue weighted by Gasteiger charge is -2.09. The first-order valence-corrected chi connectivity index (χ1v) is 6.20. The number of ether oxygens (including phenoxy) is 1. The van der Waals surface area contributed by atoms with Crippen LogP contribution in [0.3, 0.4) is 0 Å². The zero-order chi connectivity index (χ0) is 14.0. The van der Waals surface area contributed by atoms with Crippen molar-refractivity contribution < 1.29 is 4.74 Å². The molecule has 1 aromatic carbocycles. The fourth-order valence-corrected chi connectivity index (χ4v) is 2.23. The molecule has 2 rings (SSSR count). The highest BCUT2D eigenvalue weighted by Gasteiger charge is 2.15. The smallest absolute Gasteiger partial charge is 0.290 e. The van der Waals surface area contributed by atoms with Crippen molar-refractivity contribution in [3.05, 3.63) is 50.9 Å². The average Bonchev–Trinajstić information content (AvgIpc) is 2.57. The number of hydrogen-bond acceptors (Lipinski definition) is 3. The number of benzene rings is 1. The van der Waals surface area contributed by atoms with Gasteiger partial charge in [-0.1, -0.05) is 23.7 Å². The first kappa shape index (κ1) is 13.7. The molecule has 2 aromatic rings. The van der Waals surface area contributed by atoms with Crippen molar-refractivity contribution >= 4 is 17.3 Å². The van der Waals surface area contributed by atoms with E-state index in [0.29, 0.717) is 23.9 Å². The average molecular weight is 282 g/mol. The van der Waals surface area contributed by atoms with Crippen LogP contribution < -0.4 is 11.3 Å². The number of rotatable bonds is 4. The summed E-state index contributed by atoms with van der Waals surface area (Å²) in [6.07, 6.45) is 0. The molecule has 0 saturated heterocycles. The van der Waals surface area contributed by atoms with Gasteiger partial charge in [0.2, 0.25) is 0 Å². The second-order valence-electron chi connectivity index (χ2n) is 4.31. The van der Waals surface area contributed by atoms with E-state index in [4.69, 9.17) is 22.1 Å². The fraction of sp³-hybridized carbons (Fsp3) is 0.308. The van der Waals surface area contributed by atoms with Gasteiger partial charge in [0.05, 0.1) is 18.8 Å². The third kappa shape index (κ3) is 2.67. The maximum absolute atomic E-state index is 12.1. The quantitative estimate of drug-likeness (QED) is 0.926. The zero-order valence-electron chi connectivity index (χ0n) is 10.9. The van der Waals surface area contributed by atoms with Crippen LogP contribution in [-0.4, -0.2) is 16.5 Å². The summed E-state index contributed by atoms with van der Waals surface area (Å²) in [7, 11) is 3.36. The van der Waals surface area contributed by atoms with E-state index in [1.54, 1.807) is 29.6 Å². The summed E-state index contributed by atoms with van der Waals surface area (Å²) in [6, 6.07) is 7.39. The highest BCUT2D eigenvalue weighted by atomic mass is 35.5. The van der Waals surface area contributed by atoms with Crippen molar-refractivity contribution in [3.63, 3.8) is 0 Å². The Morgan fingerprint density at radius 1 is 1.42 bits per heavy atom. The van der Waals surface area contributed by atoms with Crippen LogP contribution in [0.2, 0.25) is 5.02 Å². The van der Waals surface area contributed by atoms with E-state index < -0.39 is 0 Å². The Morgan fingerprint density at radius 3 is 2.79 bits per heavy atom. The SMILES string of the molecule is COCc1c(N)c(=O)n(Cc2cccc(Cl)c2)n1C. The van der Waals surface area contributed by atoms with Crippen molar-refractivity contribution in [3.8, 4) is 0 Å². The topological polar surface area (TPSA) is 62.2 Å². The number of aromatic nitrogens is 2. The van der Waals surface area contributed by atoms with E-state index in [2.05, 4.69) is 0 Å². The molecule has 0 saturated carbocycles. The lowest BCUT2D eigenvalue weighted by Crippen LogP contribution is -2.23. The maximum Gasteiger partial charge on any atom is 0.290 e. The molecule has 6 heteroatoms. The predicted molar refractivity (Wildman–Crippen MR) is 75.4 cm³/mol. The molecule has 19 heavy (non-hydrogen) atoms. The second kappa shape index (κ2) is 5.50. The van der Waals surface area contributed by atoms with Crippen LogP contribution in [0, 0.1) is 0 Å². The summed E-state index contributed by atoms with van der Waals surface area (Å²) in [5, 5.41) is 0.643. The lowest BCUT2D eigenvalue weighted by atomic mass is 10.2. The van der Waals surface area contributed by atoms with Crippen molar-refractivity contribution in [2.75, 3.05) is 12.8 Å². The fourth-order valence-electron chi connectivity index (χ4n) is 2.01. The number of halogens is 1. The van der Waals surface area contributed by atoms with Gasteiger partial charge in [-0.25, -0.2) is 4.68 Å². The molecule has 0 amide bonds. The van der Waals surface area contributed by atoms with Crippen LogP contribution in [0.5, 0.6) is 0 Å². The van der Waals surface area contributed by atoms with Gasteiger partial charge in [-0.3, -0.25) is 9.48 Å². The molecule has 102 valence electrons. The third-order valence-corrected chi connectivity index (χ3v) is 3.27. The minimum Gasteiger partial charge on any atom is -0.393 e. The Kier molecular flexibility index (Phi) is 3.97. The molecule has 0 aliphatic carbocycles. The minimum absolute atomic E-state index is 0.213. The predicted octanol–water partition coefficient (Wildman–Crippen LogP) is 1.62. The number of hydrogen-bond donors (Lipinski definition) is 1. The number of nitrogens with two attached hydrogens (primary N) is 1. The van der Waals surface area contributed by atoms with Crippen LogP contribution in [0.25, 0.3) is 0 Å². The molecule has 1 heterocycles. The number of nitrogens with zero attached hydrogens (tertiary/aromatic N) is 2. The maximum atomic E-state index is 12.1. The Labute approximate surface area is 116 Å². The molecule has 1 aromatic heterocycles. The molecular formula is C13H16ClN3O2. The van der Waals surface area contributed by atoms with Gasteiger partial charge in [0, 0.05) is 19.2 Å². The second-order valence-corrected chi connectivity index (χ2v) is 4.75. The zero-order valence-corrected chi connectivity index (χ0v) is 11.6. The molecule has 0 fully saturated rings. The summed E-state index contributed by atoms with van der Waals surface area (Å²) < 4.78 is 8.34. The summed E-state index contributed by atoms with van der Waals surface area (Å²) in [5.74, 6) is 0. The van der Waals surface area contributed by atoms with Gasteiger partial charge in [-0.15, -0.1) is 0 Å².